The van der Waals surface area contributed by atoms with Gasteiger partial charge in [0.05, 0.1) is 12.3 Å². The topological polar surface area (TPSA) is 64.0 Å². The number of hydrogen-bond donors (Lipinski definition) is 1. The fraction of sp³-hybridized carbons (Fsp3) is 0.357. The molecule has 0 amide bonds. The first-order chi connectivity index (χ1) is 10.00. The molecular formula is C14H18FN3O2S. The third-order valence-corrected chi connectivity index (χ3v) is 4.30. The molecular weight excluding hydrogens is 293 g/mol. The summed E-state index contributed by atoms with van der Waals surface area (Å²) in [6.45, 7) is 2.18. The van der Waals surface area contributed by atoms with Crippen molar-refractivity contribution in [3.63, 3.8) is 0 Å². The van der Waals surface area contributed by atoms with Gasteiger partial charge in [-0.2, -0.15) is 5.10 Å². The zero-order valence-corrected chi connectivity index (χ0v) is 12.6. The zero-order valence-electron chi connectivity index (χ0n) is 11.8. The summed E-state index contributed by atoms with van der Waals surface area (Å²) in [7, 11) is -3.36. The van der Waals surface area contributed by atoms with Crippen LogP contribution in [0.1, 0.15) is 25.3 Å². The molecule has 0 saturated heterocycles. The molecule has 0 fully saturated rings. The average molecular weight is 311 g/mol. The van der Waals surface area contributed by atoms with E-state index < -0.39 is 10.0 Å². The Morgan fingerprint density at radius 2 is 2.05 bits per heavy atom. The molecule has 21 heavy (non-hydrogen) atoms. The van der Waals surface area contributed by atoms with Crippen LogP contribution in [-0.4, -0.2) is 24.0 Å². The molecule has 0 bridgehead atoms. The highest BCUT2D eigenvalue weighted by Crippen LogP contribution is 2.11. The molecule has 0 atom stereocenters. The minimum absolute atomic E-state index is 0.0731. The van der Waals surface area contributed by atoms with Crippen LogP contribution in [-0.2, 0) is 16.6 Å². The van der Waals surface area contributed by atoms with Gasteiger partial charge in [0.25, 0.3) is 0 Å². The van der Waals surface area contributed by atoms with E-state index in [1.54, 1.807) is 30.5 Å². The van der Waals surface area contributed by atoms with Crippen molar-refractivity contribution in [3.05, 3.63) is 47.9 Å². The predicted molar refractivity (Wildman–Crippen MR) is 80.0 cm³/mol. The van der Waals surface area contributed by atoms with Gasteiger partial charge in [0.15, 0.2) is 5.82 Å². The van der Waals surface area contributed by atoms with E-state index in [1.807, 2.05) is 6.92 Å². The molecule has 7 heteroatoms. The van der Waals surface area contributed by atoms with Crippen LogP contribution in [0.5, 0.6) is 0 Å². The first kappa shape index (κ1) is 15.5. The van der Waals surface area contributed by atoms with Crippen LogP contribution >= 0.6 is 0 Å². The number of nitrogens with zero attached hydrogens (tertiary/aromatic N) is 2. The maximum Gasteiger partial charge on any atom is 0.233 e. The first-order valence-electron chi connectivity index (χ1n) is 6.77. The summed E-state index contributed by atoms with van der Waals surface area (Å²) in [5.74, 6) is 0.0180. The summed E-state index contributed by atoms with van der Waals surface area (Å²) in [6, 6.07) is 7.98. The highest BCUT2D eigenvalue weighted by molar-refractivity contribution is 7.92. The molecule has 0 radical (unpaired) electrons. The maximum absolute atomic E-state index is 13.5. The first-order valence-corrected chi connectivity index (χ1v) is 8.43. The lowest BCUT2D eigenvalue weighted by Crippen LogP contribution is -2.17. The predicted octanol–water partition coefficient (Wildman–Crippen LogP) is 2.61. The summed E-state index contributed by atoms with van der Waals surface area (Å²) < 4.78 is 41.0. The largest absolute Gasteiger partial charge is 0.266 e. The van der Waals surface area contributed by atoms with Crippen LogP contribution in [0.4, 0.5) is 10.2 Å². The molecule has 1 N–H and O–H groups in total. The molecule has 1 aromatic heterocycles. The van der Waals surface area contributed by atoms with Gasteiger partial charge < -0.3 is 0 Å². The molecule has 114 valence electrons. The van der Waals surface area contributed by atoms with Crippen molar-refractivity contribution in [3.8, 4) is 0 Å². The number of aromatic nitrogens is 2. The average Bonchev–Trinajstić information content (AvgIpc) is 2.86. The van der Waals surface area contributed by atoms with Gasteiger partial charge in [0, 0.05) is 17.8 Å². The molecule has 0 aliphatic heterocycles. The van der Waals surface area contributed by atoms with E-state index in [2.05, 4.69) is 9.82 Å². The molecule has 0 unspecified atom stereocenters. The molecule has 2 rings (SSSR count). The SMILES string of the molecule is CCCCS(=O)(=O)Nc1ccn(Cc2ccccc2F)n1. The fourth-order valence-electron chi connectivity index (χ4n) is 1.85. The normalized spacial score (nSPS) is 11.5. The van der Waals surface area contributed by atoms with Gasteiger partial charge in [-0.15, -0.1) is 0 Å². The Hall–Kier alpha value is -1.89. The van der Waals surface area contributed by atoms with Crippen molar-refractivity contribution in [2.75, 3.05) is 10.5 Å². The Bertz CT molecular complexity index is 698. The van der Waals surface area contributed by atoms with Crippen molar-refractivity contribution in [2.45, 2.75) is 26.3 Å². The summed E-state index contributed by atoms with van der Waals surface area (Å²) in [5.41, 5.74) is 0.501. The fourth-order valence-corrected chi connectivity index (χ4v) is 3.05. The third-order valence-electron chi connectivity index (χ3n) is 2.96. The second-order valence-electron chi connectivity index (χ2n) is 4.76. The third kappa shape index (κ3) is 4.56. The number of benzene rings is 1. The lowest BCUT2D eigenvalue weighted by atomic mass is 10.2. The number of unbranched alkanes of at least 4 members (excludes halogenated alkanes) is 1. The Morgan fingerprint density at radius 3 is 2.76 bits per heavy atom. The number of halogens is 1. The number of hydrogen-bond acceptors (Lipinski definition) is 3. The van der Waals surface area contributed by atoms with Crippen molar-refractivity contribution in [2.24, 2.45) is 0 Å². The van der Waals surface area contributed by atoms with E-state index in [9.17, 15) is 12.8 Å². The Labute approximate surface area is 123 Å². The van der Waals surface area contributed by atoms with Crippen LogP contribution < -0.4 is 4.72 Å². The zero-order chi connectivity index (χ0) is 15.3. The van der Waals surface area contributed by atoms with Crippen LogP contribution in [0.2, 0.25) is 0 Å². The van der Waals surface area contributed by atoms with Gasteiger partial charge in [-0.05, 0) is 12.5 Å². The highest BCUT2D eigenvalue weighted by atomic mass is 32.2. The van der Waals surface area contributed by atoms with E-state index in [0.29, 0.717) is 12.0 Å². The Morgan fingerprint density at radius 1 is 1.29 bits per heavy atom. The van der Waals surface area contributed by atoms with Gasteiger partial charge >= 0.3 is 0 Å². The minimum atomic E-state index is -3.36. The molecule has 1 heterocycles. The van der Waals surface area contributed by atoms with Gasteiger partial charge in [0.2, 0.25) is 10.0 Å². The molecule has 0 saturated carbocycles. The van der Waals surface area contributed by atoms with Gasteiger partial charge in [-0.3, -0.25) is 9.40 Å². The van der Waals surface area contributed by atoms with E-state index in [-0.39, 0.29) is 23.9 Å². The molecule has 5 nitrogen and oxygen atoms in total. The Kier molecular flexibility index (Phi) is 4.95. The monoisotopic (exact) mass is 311 g/mol. The smallest absolute Gasteiger partial charge is 0.233 e. The van der Waals surface area contributed by atoms with E-state index in [0.717, 1.165) is 6.42 Å². The summed E-state index contributed by atoms with van der Waals surface area (Å²) >= 11 is 0. The van der Waals surface area contributed by atoms with E-state index in [4.69, 9.17) is 0 Å². The van der Waals surface area contributed by atoms with Crippen LogP contribution in [0.15, 0.2) is 36.5 Å². The molecule has 0 aliphatic carbocycles. The number of anilines is 1. The quantitative estimate of drug-likeness (QED) is 0.855. The lowest BCUT2D eigenvalue weighted by molar-refractivity contribution is 0.585. The summed E-state index contributed by atoms with van der Waals surface area (Å²) in [6.07, 6.45) is 3.03. The van der Waals surface area contributed by atoms with Crippen molar-refractivity contribution in [1.29, 1.82) is 0 Å². The van der Waals surface area contributed by atoms with Crippen molar-refractivity contribution < 1.29 is 12.8 Å². The molecule has 2 aromatic rings. The van der Waals surface area contributed by atoms with Crippen molar-refractivity contribution >= 4 is 15.8 Å². The molecule has 0 aliphatic rings. The van der Waals surface area contributed by atoms with Crippen LogP contribution in [0.25, 0.3) is 0 Å². The van der Waals surface area contributed by atoms with Gasteiger partial charge in [-0.1, -0.05) is 31.5 Å². The number of sulfonamides is 1. The Balaban J connectivity index is 2.03. The number of nitrogens with one attached hydrogen (secondary N) is 1. The lowest BCUT2D eigenvalue weighted by Gasteiger charge is -2.05. The van der Waals surface area contributed by atoms with Gasteiger partial charge in [0.1, 0.15) is 5.82 Å². The second-order valence-corrected chi connectivity index (χ2v) is 6.61. The summed E-state index contributed by atoms with van der Waals surface area (Å²) in [5, 5.41) is 4.10. The highest BCUT2D eigenvalue weighted by Gasteiger charge is 2.11. The standard InChI is InChI=1S/C14H18FN3O2S/c1-2-3-10-21(19,20)17-14-8-9-18(16-14)11-12-6-4-5-7-13(12)15/h4-9H,2-3,10-11H2,1H3,(H,16,17). The minimum Gasteiger partial charge on any atom is -0.266 e. The van der Waals surface area contributed by atoms with Gasteiger partial charge in [-0.25, -0.2) is 12.8 Å². The number of rotatable bonds is 7. The van der Waals surface area contributed by atoms with Crippen LogP contribution in [0.3, 0.4) is 0 Å². The van der Waals surface area contributed by atoms with Crippen molar-refractivity contribution in [1.82, 2.24) is 9.78 Å². The van der Waals surface area contributed by atoms with E-state index >= 15 is 0 Å². The molecule has 0 spiro atoms. The summed E-state index contributed by atoms with van der Waals surface area (Å²) in [4.78, 5) is 0. The van der Waals surface area contributed by atoms with E-state index in [1.165, 1.54) is 10.7 Å². The molecule has 1 aromatic carbocycles. The van der Waals surface area contributed by atoms with Crippen LogP contribution in [0, 0.1) is 5.82 Å². The second kappa shape index (κ2) is 6.71. The maximum atomic E-state index is 13.5.